The van der Waals surface area contributed by atoms with Crippen LogP contribution in [0, 0.1) is 0 Å². The van der Waals surface area contributed by atoms with Crippen molar-refractivity contribution in [1.82, 2.24) is 0 Å². The van der Waals surface area contributed by atoms with Crippen LogP contribution in [0.3, 0.4) is 0 Å². The van der Waals surface area contributed by atoms with Gasteiger partial charge in [0.25, 0.3) is 0 Å². The van der Waals surface area contributed by atoms with Crippen molar-refractivity contribution >= 4 is 43.8 Å². The highest BCUT2D eigenvalue weighted by Crippen LogP contribution is 2.44. The third-order valence-electron chi connectivity index (χ3n) is 1.79. The van der Waals surface area contributed by atoms with E-state index in [4.69, 9.17) is 0 Å². The lowest BCUT2D eigenvalue weighted by Gasteiger charge is -2.00. The minimum atomic E-state index is -4.21. The van der Waals surface area contributed by atoms with E-state index >= 15 is 0 Å². The number of hydrogen-bond donors (Lipinski definition) is 0. The standard InChI is InChI=1S/C9H7F3S3/c1-2-13-6-4-14-5-3-7(9(10,11)12)15-8(5)6/h3-4H,2H2,1H3. The monoisotopic (exact) mass is 268 g/mol. The first-order valence-corrected chi connectivity index (χ1v) is 6.91. The van der Waals surface area contributed by atoms with Gasteiger partial charge in [0.05, 0.1) is 4.70 Å². The Balaban J connectivity index is 2.48. The highest BCUT2D eigenvalue weighted by atomic mass is 32.2. The first-order chi connectivity index (χ1) is 7.02. The summed E-state index contributed by atoms with van der Waals surface area (Å²) in [6.07, 6.45) is -4.21. The predicted molar refractivity (Wildman–Crippen MR) is 61.1 cm³/mol. The molecular weight excluding hydrogens is 261 g/mol. The van der Waals surface area contributed by atoms with Gasteiger partial charge in [-0.05, 0) is 11.8 Å². The maximum atomic E-state index is 12.4. The fourth-order valence-corrected chi connectivity index (χ4v) is 4.54. The van der Waals surface area contributed by atoms with E-state index in [1.807, 2.05) is 12.3 Å². The highest BCUT2D eigenvalue weighted by molar-refractivity contribution is 7.99. The van der Waals surface area contributed by atoms with Crippen molar-refractivity contribution in [3.05, 3.63) is 16.3 Å². The number of fused-ring (bicyclic) bond motifs is 1. The van der Waals surface area contributed by atoms with Gasteiger partial charge in [0.15, 0.2) is 0 Å². The number of hydrogen-bond acceptors (Lipinski definition) is 3. The molecule has 2 heterocycles. The lowest BCUT2D eigenvalue weighted by Crippen LogP contribution is -2.00. The van der Waals surface area contributed by atoms with Crippen LogP contribution in [0.2, 0.25) is 0 Å². The van der Waals surface area contributed by atoms with Crippen LogP contribution in [0.1, 0.15) is 11.8 Å². The number of thiophene rings is 2. The van der Waals surface area contributed by atoms with E-state index in [2.05, 4.69) is 0 Å². The van der Waals surface area contributed by atoms with Crippen molar-refractivity contribution in [3.8, 4) is 0 Å². The molecule has 0 bridgehead atoms. The second-order valence-electron chi connectivity index (χ2n) is 2.83. The SMILES string of the molecule is CCSc1csc2cc(C(F)(F)F)sc12. The Labute approximate surface area is 97.1 Å². The second kappa shape index (κ2) is 3.99. The molecule has 82 valence electrons. The normalized spacial score (nSPS) is 12.5. The van der Waals surface area contributed by atoms with E-state index in [1.54, 1.807) is 11.8 Å². The molecule has 2 aromatic rings. The van der Waals surface area contributed by atoms with Crippen LogP contribution in [0.4, 0.5) is 13.2 Å². The molecule has 0 radical (unpaired) electrons. The number of alkyl halides is 3. The van der Waals surface area contributed by atoms with Crippen molar-refractivity contribution in [2.75, 3.05) is 5.75 Å². The van der Waals surface area contributed by atoms with Crippen LogP contribution in [0.25, 0.3) is 9.40 Å². The molecule has 0 aromatic carbocycles. The molecule has 0 aliphatic carbocycles. The van der Waals surface area contributed by atoms with Gasteiger partial charge >= 0.3 is 6.18 Å². The zero-order valence-electron chi connectivity index (χ0n) is 7.72. The molecule has 0 fully saturated rings. The predicted octanol–water partition coefficient (Wildman–Crippen LogP) is 5.09. The summed E-state index contributed by atoms with van der Waals surface area (Å²) in [5, 5.41) is 1.93. The minimum Gasteiger partial charge on any atom is -0.165 e. The lowest BCUT2D eigenvalue weighted by atomic mass is 10.4. The van der Waals surface area contributed by atoms with Crippen LogP contribution in [-0.4, -0.2) is 5.75 Å². The van der Waals surface area contributed by atoms with Gasteiger partial charge in [0, 0.05) is 15.0 Å². The van der Waals surface area contributed by atoms with Gasteiger partial charge in [-0.2, -0.15) is 13.2 Å². The molecule has 6 heteroatoms. The van der Waals surface area contributed by atoms with E-state index in [0.717, 1.165) is 31.4 Å². The first-order valence-electron chi connectivity index (χ1n) is 4.23. The topological polar surface area (TPSA) is 0 Å². The zero-order chi connectivity index (χ0) is 11.1. The quantitative estimate of drug-likeness (QED) is 0.683. The van der Waals surface area contributed by atoms with Crippen LogP contribution >= 0.6 is 34.4 Å². The maximum absolute atomic E-state index is 12.4. The molecule has 0 aliphatic heterocycles. The van der Waals surface area contributed by atoms with Crippen LogP contribution in [-0.2, 0) is 6.18 Å². The third kappa shape index (κ3) is 2.16. The van der Waals surface area contributed by atoms with Crippen molar-refractivity contribution in [3.63, 3.8) is 0 Å². The van der Waals surface area contributed by atoms with E-state index < -0.39 is 11.1 Å². The Morgan fingerprint density at radius 3 is 2.73 bits per heavy atom. The molecule has 0 amide bonds. The molecule has 2 aromatic heterocycles. The molecule has 0 aliphatic rings. The van der Waals surface area contributed by atoms with E-state index in [-0.39, 0.29) is 0 Å². The molecule has 2 rings (SSSR count). The summed E-state index contributed by atoms with van der Waals surface area (Å²) in [4.78, 5) is 0.473. The average Bonchev–Trinajstić information content (AvgIpc) is 2.65. The Kier molecular flexibility index (Phi) is 3.00. The molecule has 0 N–H and O–H groups in total. The van der Waals surface area contributed by atoms with Gasteiger partial charge in [0.2, 0.25) is 0 Å². The minimum absolute atomic E-state index is 0.498. The van der Waals surface area contributed by atoms with Gasteiger partial charge in [-0.3, -0.25) is 0 Å². The molecular formula is C9H7F3S3. The molecule has 0 nitrogen and oxygen atoms in total. The molecule has 0 saturated heterocycles. The fraction of sp³-hybridized carbons (Fsp3) is 0.333. The first kappa shape index (κ1) is 11.3. The number of halogens is 3. The third-order valence-corrected chi connectivity index (χ3v) is 5.27. The van der Waals surface area contributed by atoms with E-state index in [0.29, 0.717) is 0 Å². The summed E-state index contributed by atoms with van der Waals surface area (Å²) in [6, 6.07) is 1.24. The summed E-state index contributed by atoms with van der Waals surface area (Å²) in [5.41, 5.74) is 0. The maximum Gasteiger partial charge on any atom is 0.425 e. The Bertz CT molecular complexity index is 466. The average molecular weight is 268 g/mol. The number of rotatable bonds is 2. The molecule has 15 heavy (non-hydrogen) atoms. The van der Waals surface area contributed by atoms with Gasteiger partial charge in [-0.1, -0.05) is 6.92 Å². The van der Waals surface area contributed by atoms with Gasteiger partial charge in [-0.25, -0.2) is 0 Å². The fourth-order valence-electron chi connectivity index (χ4n) is 1.20. The van der Waals surface area contributed by atoms with Crippen LogP contribution in [0.5, 0.6) is 0 Å². The Morgan fingerprint density at radius 2 is 2.13 bits per heavy atom. The molecule has 0 spiro atoms. The summed E-state index contributed by atoms with van der Waals surface area (Å²) >= 11 is 3.81. The number of thioether (sulfide) groups is 1. The van der Waals surface area contributed by atoms with Crippen molar-refractivity contribution in [2.45, 2.75) is 18.0 Å². The smallest absolute Gasteiger partial charge is 0.165 e. The van der Waals surface area contributed by atoms with Crippen LogP contribution < -0.4 is 0 Å². The van der Waals surface area contributed by atoms with E-state index in [9.17, 15) is 13.2 Å². The summed E-state index contributed by atoms with van der Waals surface area (Å²) < 4.78 is 38.8. The second-order valence-corrected chi connectivity index (χ2v) is 6.10. The van der Waals surface area contributed by atoms with Crippen molar-refractivity contribution in [1.29, 1.82) is 0 Å². The Hall–Kier alpha value is -0.200. The van der Waals surface area contributed by atoms with Gasteiger partial charge in [0.1, 0.15) is 4.88 Å². The largest absolute Gasteiger partial charge is 0.425 e. The van der Waals surface area contributed by atoms with Crippen molar-refractivity contribution < 1.29 is 13.2 Å². The van der Waals surface area contributed by atoms with Crippen molar-refractivity contribution in [2.24, 2.45) is 0 Å². The summed E-state index contributed by atoms with van der Waals surface area (Å²) in [5.74, 6) is 0.880. The summed E-state index contributed by atoms with van der Waals surface area (Å²) in [6.45, 7) is 1.99. The lowest BCUT2D eigenvalue weighted by molar-refractivity contribution is -0.134. The molecule has 0 atom stereocenters. The van der Waals surface area contributed by atoms with E-state index in [1.165, 1.54) is 17.4 Å². The Morgan fingerprint density at radius 1 is 1.40 bits per heavy atom. The van der Waals surface area contributed by atoms with Crippen LogP contribution in [0.15, 0.2) is 16.3 Å². The molecule has 0 unspecified atom stereocenters. The summed E-state index contributed by atoms with van der Waals surface area (Å²) in [7, 11) is 0. The van der Waals surface area contributed by atoms with Gasteiger partial charge < -0.3 is 0 Å². The van der Waals surface area contributed by atoms with Gasteiger partial charge in [-0.15, -0.1) is 34.4 Å². The highest BCUT2D eigenvalue weighted by Gasteiger charge is 2.33. The molecule has 0 saturated carbocycles. The zero-order valence-corrected chi connectivity index (χ0v) is 10.2.